The Bertz CT molecular complexity index is 1020. The maximum atomic E-state index is 13.8. The summed E-state index contributed by atoms with van der Waals surface area (Å²) in [4.78, 5) is 18.5. The van der Waals surface area contributed by atoms with Crippen LogP contribution in [0.4, 0.5) is 10.2 Å². The number of carbonyl (C=O) groups excluding carboxylic acids is 1. The third-order valence-corrected chi connectivity index (χ3v) is 4.78. The molecule has 0 saturated carbocycles. The van der Waals surface area contributed by atoms with Crippen molar-refractivity contribution in [1.29, 1.82) is 5.26 Å². The van der Waals surface area contributed by atoms with E-state index in [1.165, 1.54) is 12.1 Å². The van der Waals surface area contributed by atoms with E-state index in [2.05, 4.69) is 15.2 Å². The lowest BCUT2D eigenvalue weighted by Crippen LogP contribution is -2.28. The average Bonchev–Trinajstić information content (AvgIpc) is 3.30. The number of H-pyrrole nitrogens is 1. The van der Waals surface area contributed by atoms with Crippen molar-refractivity contribution in [2.24, 2.45) is 5.92 Å². The van der Waals surface area contributed by atoms with Gasteiger partial charge < -0.3 is 0 Å². The minimum atomic E-state index is -0.548. The number of nitriles is 1. The van der Waals surface area contributed by atoms with Crippen molar-refractivity contribution in [3.05, 3.63) is 65.7 Å². The third kappa shape index (κ3) is 3.29. The molecule has 7 heteroatoms. The molecule has 1 aliphatic rings. The minimum absolute atomic E-state index is 0.00954. The minimum Gasteiger partial charge on any atom is -0.297 e. The van der Waals surface area contributed by atoms with Crippen LogP contribution in [-0.4, -0.2) is 27.6 Å². The highest BCUT2D eigenvalue weighted by Gasteiger charge is 2.33. The maximum Gasteiger partial charge on any atom is 0.231 e. The summed E-state index contributed by atoms with van der Waals surface area (Å²) in [5.41, 5.74) is 2.40. The van der Waals surface area contributed by atoms with Crippen molar-refractivity contribution in [2.45, 2.75) is 12.8 Å². The molecule has 27 heavy (non-hydrogen) atoms. The SMILES string of the molecule is N#Cc1ccc(CC2CCN(c3cc(-c4ccncc4)n[nH]3)C2=O)cc1F. The summed E-state index contributed by atoms with van der Waals surface area (Å²) in [6.45, 7) is 0.584. The number of pyridine rings is 1. The van der Waals surface area contributed by atoms with Crippen molar-refractivity contribution >= 4 is 11.7 Å². The summed E-state index contributed by atoms with van der Waals surface area (Å²) in [5.74, 6) is -0.122. The normalized spacial score (nSPS) is 16.5. The first-order valence-electron chi connectivity index (χ1n) is 8.61. The van der Waals surface area contributed by atoms with Gasteiger partial charge in [0.1, 0.15) is 17.7 Å². The Labute approximate surface area is 155 Å². The third-order valence-electron chi connectivity index (χ3n) is 4.78. The molecule has 2 aromatic heterocycles. The lowest BCUT2D eigenvalue weighted by molar-refractivity contribution is -0.120. The molecule has 1 aliphatic heterocycles. The van der Waals surface area contributed by atoms with Crippen LogP contribution >= 0.6 is 0 Å². The zero-order chi connectivity index (χ0) is 18.8. The van der Waals surface area contributed by atoms with Crippen molar-refractivity contribution in [2.75, 3.05) is 11.4 Å². The maximum absolute atomic E-state index is 13.8. The van der Waals surface area contributed by atoms with Gasteiger partial charge in [-0.2, -0.15) is 10.4 Å². The van der Waals surface area contributed by atoms with Crippen LogP contribution in [-0.2, 0) is 11.2 Å². The molecule has 3 heterocycles. The van der Waals surface area contributed by atoms with Crippen LogP contribution in [0.3, 0.4) is 0 Å². The number of benzene rings is 1. The summed E-state index contributed by atoms with van der Waals surface area (Å²) < 4.78 is 13.8. The Morgan fingerprint density at radius 3 is 2.81 bits per heavy atom. The van der Waals surface area contributed by atoms with Gasteiger partial charge in [0.25, 0.3) is 0 Å². The number of hydrogen-bond donors (Lipinski definition) is 1. The van der Waals surface area contributed by atoms with Crippen molar-refractivity contribution < 1.29 is 9.18 Å². The fraction of sp³-hybridized carbons (Fsp3) is 0.200. The van der Waals surface area contributed by atoms with Gasteiger partial charge in [0.05, 0.1) is 11.3 Å². The second-order valence-corrected chi connectivity index (χ2v) is 6.48. The van der Waals surface area contributed by atoms with E-state index in [9.17, 15) is 9.18 Å². The van der Waals surface area contributed by atoms with Crippen LogP contribution in [0.2, 0.25) is 0 Å². The molecule has 1 amide bonds. The molecule has 1 unspecified atom stereocenters. The lowest BCUT2D eigenvalue weighted by Gasteiger charge is -2.14. The van der Waals surface area contributed by atoms with Gasteiger partial charge in [0, 0.05) is 36.5 Å². The number of anilines is 1. The summed E-state index contributed by atoms with van der Waals surface area (Å²) in [6, 6.07) is 11.9. The van der Waals surface area contributed by atoms with Crippen LogP contribution < -0.4 is 4.90 Å². The fourth-order valence-corrected chi connectivity index (χ4v) is 3.35. The predicted molar refractivity (Wildman–Crippen MR) is 97.1 cm³/mol. The topological polar surface area (TPSA) is 85.7 Å². The molecular weight excluding hydrogens is 345 g/mol. The van der Waals surface area contributed by atoms with Crippen LogP contribution in [0, 0.1) is 23.1 Å². The smallest absolute Gasteiger partial charge is 0.231 e. The second-order valence-electron chi connectivity index (χ2n) is 6.48. The van der Waals surface area contributed by atoms with Crippen LogP contribution in [0.1, 0.15) is 17.5 Å². The van der Waals surface area contributed by atoms with Crippen LogP contribution in [0.25, 0.3) is 11.3 Å². The summed E-state index contributed by atoms with van der Waals surface area (Å²) in [7, 11) is 0. The Morgan fingerprint density at radius 1 is 1.26 bits per heavy atom. The average molecular weight is 361 g/mol. The number of rotatable bonds is 4. The molecule has 1 saturated heterocycles. The number of aromatic nitrogens is 3. The van der Waals surface area contributed by atoms with Gasteiger partial charge in [-0.05, 0) is 42.7 Å². The van der Waals surface area contributed by atoms with E-state index >= 15 is 0 Å². The van der Waals surface area contributed by atoms with Crippen LogP contribution in [0.5, 0.6) is 0 Å². The first-order valence-corrected chi connectivity index (χ1v) is 8.61. The van der Waals surface area contributed by atoms with Gasteiger partial charge in [-0.25, -0.2) is 4.39 Å². The van der Waals surface area contributed by atoms with Crippen molar-refractivity contribution in [3.8, 4) is 17.3 Å². The Balaban J connectivity index is 1.48. The summed E-state index contributed by atoms with van der Waals surface area (Å²) in [6.07, 6.45) is 4.52. The summed E-state index contributed by atoms with van der Waals surface area (Å²) in [5, 5.41) is 16.0. The largest absolute Gasteiger partial charge is 0.297 e. The molecule has 0 aliphatic carbocycles. The number of carbonyl (C=O) groups is 1. The Morgan fingerprint density at radius 2 is 2.07 bits per heavy atom. The molecule has 4 rings (SSSR count). The number of halogens is 1. The predicted octanol–water partition coefficient (Wildman–Crippen LogP) is 3.08. The second kappa shape index (κ2) is 7.00. The van der Waals surface area contributed by atoms with E-state index < -0.39 is 5.82 Å². The molecule has 1 aromatic carbocycles. The fourth-order valence-electron chi connectivity index (χ4n) is 3.35. The number of aromatic amines is 1. The molecule has 6 nitrogen and oxygen atoms in total. The molecule has 1 fully saturated rings. The molecule has 1 atom stereocenters. The first-order chi connectivity index (χ1) is 13.2. The van der Waals surface area contributed by atoms with Gasteiger partial charge in [-0.15, -0.1) is 0 Å². The molecule has 3 aromatic rings. The molecule has 0 bridgehead atoms. The van der Waals surface area contributed by atoms with Gasteiger partial charge in [0.2, 0.25) is 5.91 Å². The van der Waals surface area contributed by atoms with E-state index in [0.717, 1.165) is 11.3 Å². The van der Waals surface area contributed by atoms with E-state index in [1.807, 2.05) is 18.2 Å². The van der Waals surface area contributed by atoms with Crippen molar-refractivity contribution in [1.82, 2.24) is 15.2 Å². The number of nitrogens with zero attached hydrogens (tertiary/aromatic N) is 4. The molecule has 0 radical (unpaired) electrons. The standard InChI is InChI=1S/C20H16FN5O/c21-17-10-13(1-2-16(17)12-22)9-15-5-8-26(20(15)27)19-11-18(24-25-19)14-3-6-23-7-4-14/h1-4,6-7,10-11,15H,5,8-9H2,(H,24,25). The number of nitrogens with one attached hydrogen (secondary N) is 1. The Hall–Kier alpha value is -3.53. The van der Waals surface area contributed by atoms with Crippen molar-refractivity contribution in [3.63, 3.8) is 0 Å². The van der Waals surface area contributed by atoms with Gasteiger partial charge in [0.15, 0.2) is 0 Å². The molecule has 1 N–H and O–H groups in total. The lowest BCUT2D eigenvalue weighted by atomic mass is 9.97. The van der Waals surface area contributed by atoms with Gasteiger partial charge in [-0.1, -0.05) is 6.07 Å². The van der Waals surface area contributed by atoms with Gasteiger partial charge in [-0.3, -0.25) is 19.8 Å². The zero-order valence-electron chi connectivity index (χ0n) is 14.4. The highest BCUT2D eigenvalue weighted by molar-refractivity contribution is 5.96. The monoisotopic (exact) mass is 361 g/mol. The zero-order valence-corrected chi connectivity index (χ0v) is 14.4. The number of hydrogen-bond acceptors (Lipinski definition) is 4. The highest BCUT2D eigenvalue weighted by Crippen LogP contribution is 2.29. The molecule has 0 spiro atoms. The quantitative estimate of drug-likeness (QED) is 0.774. The molecular formula is C20H16FN5O. The number of amides is 1. The van der Waals surface area contributed by atoms with Gasteiger partial charge >= 0.3 is 0 Å². The highest BCUT2D eigenvalue weighted by atomic mass is 19.1. The van der Waals surface area contributed by atoms with E-state index in [0.29, 0.717) is 30.8 Å². The van der Waals surface area contributed by atoms with Crippen LogP contribution in [0.15, 0.2) is 48.8 Å². The summed E-state index contributed by atoms with van der Waals surface area (Å²) >= 11 is 0. The van der Waals surface area contributed by atoms with E-state index in [1.54, 1.807) is 29.4 Å². The first kappa shape index (κ1) is 16.9. The molecule has 134 valence electrons. The van der Waals surface area contributed by atoms with E-state index in [-0.39, 0.29) is 17.4 Å². The Kier molecular flexibility index (Phi) is 4.38. The van der Waals surface area contributed by atoms with E-state index in [4.69, 9.17) is 5.26 Å².